The van der Waals surface area contributed by atoms with E-state index in [1.807, 2.05) is 0 Å². The van der Waals surface area contributed by atoms with Gasteiger partial charge in [-0.3, -0.25) is 0 Å². The minimum absolute atomic E-state index is 0.000889. The van der Waals surface area contributed by atoms with Crippen LogP contribution in [0.4, 0.5) is 10.3 Å². The maximum Gasteiger partial charge on any atom is 0.223 e. The Morgan fingerprint density at radius 2 is 2.08 bits per heavy atom. The SMILES string of the molecule is O=S(=O)(C1CC1)N1CCC[C@]2(C[C@H](Nc3ncc(F)cn3)CO2)C1. The first-order chi connectivity index (χ1) is 11.5. The molecule has 1 spiro atoms. The number of ether oxygens (including phenoxy) is 1. The van der Waals surface area contributed by atoms with Gasteiger partial charge in [0.25, 0.3) is 0 Å². The standard InChI is InChI=1S/C15H21FN4O3S/c16-11-7-17-14(18-8-11)19-12-6-15(23-9-12)4-1-5-20(10-15)24(21,22)13-2-3-13/h7-8,12-13H,1-6,9-10H2,(H,17,18,19)/t12-,15-/m0/s1. The van der Waals surface area contributed by atoms with E-state index in [1.165, 1.54) is 0 Å². The quantitative estimate of drug-likeness (QED) is 0.871. The molecule has 9 heteroatoms. The van der Waals surface area contributed by atoms with Gasteiger partial charge in [0.05, 0.1) is 35.9 Å². The van der Waals surface area contributed by atoms with Gasteiger partial charge in [-0.05, 0) is 25.7 Å². The van der Waals surface area contributed by atoms with E-state index in [0.717, 1.165) is 38.1 Å². The lowest BCUT2D eigenvalue weighted by Gasteiger charge is -2.39. The Kier molecular flexibility index (Phi) is 3.97. The van der Waals surface area contributed by atoms with Crippen LogP contribution in [0.15, 0.2) is 12.4 Å². The first kappa shape index (κ1) is 16.2. The van der Waals surface area contributed by atoms with Gasteiger partial charge in [-0.1, -0.05) is 0 Å². The molecule has 0 amide bonds. The number of aromatic nitrogens is 2. The van der Waals surface area contributed by atoms with Gasteiger partial charge in [0, 0.05) is 19.5 Å². The van der Waals surface area contributed by atoms with E-state index in [1.54, 1.807) is 4.31 Å². The fourth-order valence-corrected chi connectivity index (χ4v) is 5.59. The molecule has 4 rings (SSSR count). The van der Waals surface area contributed by atoms with Crippen molar-refractivity contribution in [3.63, 3.8) is 0 Å². The fourth-order valence-electron chi connectivity index (χ4n) is 3.64. The smallest absolute Gasteiger partial charge is 0.223 e. The summed E-state index contributed by atoms with van der Waals surface area (Å²) in [6.07, 6.45) is 6.15. The maximum atomic E-state index is 12.9. The van der Waals surface area contributed by atoms with Crippen LogP contribution in [0.1, 0.15) is 32.1 Å². The molecule has 3 aliphatic rings. The van der Waals surface area contributed by atoms with Crippen molar-refractivity contribution in [1.29, 1.82) is 0 Å². The summed E-state index contributed by atoms with van der Waals surface area (Å²) < 4.78 is 45.5. The summed E-state index contributed by atoms with van der Waals surface area (Å²) in [7, 11) is -3.17. The molecule has 132 valence electrons. The van der Waals surface area contributed by atoms with Crippen LogP contribution >= 0.6 is 0 Å². The fraction of sp³-hybridized carbons (Fsp3) is 0.733. The minimum Gasteiger partial charge on any atom is -0.371 e. The highest BCUT2D eigenvalue weighted by Gasteiger charge is 2.49. The lowest BCUT2D eigenvalue weighted by molar-refractivity contribution is -0.0329. The first-order valence-electron chi connectivity index (χ1n) is 8.34. The second-order valence-electron chi connectivity index (χ2n) is 6.95. The summed E-state index contributed by atoms with van der Waals surface area (Å²) in [6, 6.07) is -0.000889. The third kappa shape index (κ3) is 3.12. The van der Waals surface area contributed by atoms with Crippen molar-refractivity contribution in [2.24, 2.45) is 0 Å². The Hall–Kier alpha value is -1.32. The van der Waals surface area contributed by atoms with Crippen molar-refractivity contribution >= 4 is 16.0 Å². The van der Waals surface area contributed by atoms with E-state index in [4.69, 9.17) is 4.74 Å². The second-order valence-corrected chi connectivity index (χ2v) is 9.16. The molecule has 0 aromatic carbocycles. The van der Waals surface area contributed by atoms with E-state index < -0.39 is 21.4 Å². The summed E-state index contributed by atoms with van der Waals surface area (Å²) in [6.45, 7) is 1.48. The van der Waals surface area contributed by atoms with E-state index in [-0.39, 0.29) is 11.3 Å². The molecule has 1 N–H and O–H groups in total. The molecule has 2 atom stereocenters. The van der Waals surface area contributed by atoms with Crippen LogP contribution in [-0.2, 0) is 14.8 Å². The van der Waals surface area contributed by atoms with Crippen LogP contribution in [-0.4, -0.2) is 59.3 Å². The molecule has 3 heterocycles. The number of hydrogen-bond acceptors (Lipinski definition) is 6. The third-order valence-corrected chi connectivity index (χ3v) is 7.32. The number of rotatable bonds is 4. The van der Waals surface area contributed by atoms with Crippen molar-refractivity contribution in [2.45, 2.75) is 49.0 Å². The predicted molar refractivity (Wildman–Crippen MR) is 85.4 cm³/mol. The average molecular weight is 356 g/mol. The molecule has 0 unspecified atom stereocenters. The molecule has 2 aliphatic heterocycles. The minimum atomic E-state index is -3.17. The van der Waals surface area contributed by atoms with Crippen molar-refractivity contribution in [2.75, 3.05) is 25.0 Å². The normalized spacial score (nSPS) is 31.5. The van der Waals surface area contributed by atoms with Gasteiger partial charge in [0.1, 0.15) is 0 Å². The van der Waals surface area contributed by atoms with Gasteiger partial charge >= 0.3 is 0 Å². The summed E-state index contributed by atoms with van der Waals surface area (Å²) >= 11 is 0. The number of piperidine rings is 1. The van der Waals surface area contributed by atoms with Gasteiger partial charge in [-0.15, -0.1) is 0 Å². The Morgan fingerprint density at radius 1 is 1.33 bits per heavy atom. The number of nitrogens with zero attached hydrogens (tertiary/aromatic N) is 3. The second kappa shape index (κ2) is 5.89. The van der Waals surface area contributed by atoms with E-state index in [2.05, 4.69) is 15.3 Å². The zero-order valence-corrected chi connectivity index (χ0v) is 14.1. The third-order valence-electron chi connectivity index (χ3n) is 4.97. The van der Waals surface area contributed by atoms with Gasteiger partial charge in [0.2, 0.25) is 16.0 Å². The van der Waals surface area contributed by atoms with Crippen LogP contribution in [0, 0.1) is 5.82 Å². The van der Waals surface area contributed by atoms with Crippen LogP contribution in [0.5, 0.6) is 0 Å². The first-order valence-corrected chi connectivity index (χ1v) is 9.84. The summed E-state index contributed by atoms with van der Waals surface area (Å²) in [5.74, 6) is -0.117. The van der Waals surface area contributed by atoms with E-state index in [0.29, 0.717) is 32.1 Å². The van der Waals surface area contributed by atoms with E-state index in [9.17, 15) is 12.8 Å². The largest absolute Gasteiger partial charge is 0.371 e. The summed E-state index contributed by atoms with van der Waals surface area (Å²) in [5.41, 5.74) is -0.433. The number of nitrogens with one attached hydrogen (secondary N) is 1. The number of halogens is 1. The monoisotopic (exact) mass is 356 g/mol. The molecule has 0 bridgehead atoms. The molecule has 1 aromatic heterocycles. The Morgan fingerprint density at radius 3 is 2.79 bits per heavy atom. The van der Waals surface area contributed by atoms with Crippen molar-refractivity contribution in [1.82, 2.24) is 14.3 Å². The van der Waals surface area contributed by atoms with Crippen molar-refractivity contribution < 1.29 is 17.5 Å². The van der Waals surface area contributed by atoms with Gasteiger partial charge in [-0.2, -0.15) is 4.31 Å². The number of sulfonamides is 1. The Bertz CT molecular complexity index is 710. The zero-order chi connectivity index (χ0) is 16.8. The molecular formula is C15H21FN4O3S. The molecular weight excluding hydrogens is 335 g/mol. The van der Waals surface area contributed by atoms with Crippen molar-refractivity contribution in [3.8, 4) is 0 Å². The van der Waals surface area contributed by atoms with Gasteiger partial charge in [-0.25, -0.2) is 22.8 Å². The lowest BCUT2D eigenvalue weighted by atomic mass is 9.90. The highest BCUT2D eigenvalue weighted by molar-refractivity contribution is 7.90. The topological polar surface area (TPSA) is 84.4 Å². The number of anilines is 1. The average Bonchev–Trinajstić information content (AvgIpc) is 3.36. The highest BCUT2D eigenvalue weighted by Crippen LogP contribution is 2.39. The molecule has 3 fully saturated rings. The Balaban J connectivity index is 1.42. The molecule has 2 saturated heterocycles. The summed E-state index contributed by atoms with van der Waals surface area (Å²) in [5, 5.41) is 2.96. The van der Waals surface area contributed by atoms with Crippen molar-refractivity contribution in [3.05, 3.63) is 18.2 Å². The zero-order valence-electron chi connectivity index (χ0n) is 13.3. The molecule has 7 nitrogen and oxygen atoms in total. The van der Waals surface area contributed by atoms with E-state index >= 15 is 0 Å². The molecule has 1 aliphatic carbocycles. The molecule has 24 heavy (non-hydrogen) atoms. The van der Waals surface area contributed by atoms with Gasteiger partial charge < -0.3 is 10.1 Å². The molecule has 1 saturated carbocycles. The van der Waals surface area contributed by atoms with Crippen LogP contribution in [0.25, 0.3) is 0 Å². The molecule has 0 radical (unpaired) electrons. The maximum absolute atomic E-state index is 12.9. The highest BCUT2D eigenvalue weighted by atomic mass is 32.2. The molecule has 1 aromatic rings. The van der Waals surface area contributed by atoms with Crippen LogP contribution < -0.4 is 5.32 Å². The Labute approximate surface area is 140 Å². The predicted octanol–water partition coefficient (Wildman–Crippen LogP) is 1.14. The number of hydrogen-bond donors (Lipinski definition) is 1. The van der Waals surface area contributed by atoms with Crippen LogP contribution in [0.3, 0.4) is 0 Å². The van der Waals surface area contributed by atoms with Crippen LogP contribution in [0.2, 0.25) is 0 Å². The lowest BCUT2D eigenvalue weighted by Crippen LogP contribution is -2.51. The summed E-state index contributed by atoms with van der Waals surface area (Å²) in [4.78, 5) is 7.80. The van der Waals surface area contributed by atoms with Gasteiger partial charge in [0.15, 0.2) is 5.82 Å².